The van der Waals surface area contributed by atoms with Crippen LogP contribution in [0.15, 0.2) is 48.5 Å². The molecule has 2 aromatic rings. The molecule has 114 valence electrons. The number of carbonyl (C=O) groups excluding carboxylic acids is 1. The van der Waals surface area contributed by atoms with Crippen LogP contribution in [0.25, 0.3) is 0 Å². The van der Waals surface area contributed by atoms with Crippen molar-refractivity contribution in [3.63, 3.8) is 0 Å². The van der Waals surface area contributed by atoms with Crippen LogP contribution in [0.3, 0.4) is 0 Å². The fourth-order valence-corrected chi connectivity index (χ4v) is 1.90. The van der Waals surface area contributed by atoms with Crippen LogP contribution in [0.2, 0.25) is 0 Å². The van der Waals surface area contributed by atoms with Crippen molar-refractivity contribution in [1.82, 2.24) is 0 Å². The molecule has 0 saturated heterocycles. The molecule has 0 fully saturated rings. The Bertz CT molecular complexity index is 688. The maximum absolute atomic E-state index is 11.9. The smallest absolute Gasteiger partial charge is 0.292 e. The van der Waals surface area contributed by atoms with Gasteiger partial charge in [0.05, 0.1) is 24.3 Å². The Balaban J connectivity index is 2.01. The number of para-hydroxylation sites is 4. The summed E-state index contributed by atoms with van der Waals surface area (Å²) < 4.78 is 5.16. The van der Waals surface area contributed by atoms with Gasteiger partial charge in [-0.15, -0.1) is 0 Å². The van der Waals surface area contributed by atoms with Gasteiger partial charge in [-0.25, -0.2) is 0 Å². The lowest BCUT2D eigenvalue weighted by Gasteiger charge is -2.11. The van der Waals surface area contributed by atoms with E-state index in [2.05, 4.69) is 10.6 Å². The molecule has 7 nitrogen and oxygen atoms in total. The van der Waals surface area contributed by atoms with E-state index < -0.39 is 4.92 Å². The summed E-state index contributed by atoms with van der Waals surface area (Å²) >= 11 is 0. The van der Waals surface area contributed by atoms with E-state index in [1.165, 1.54) is 19.2 Å². The number of amides is 1. The van der Waals surface area contributed by atoms with Crippen LogP contribution in [0.5, 0.6) is 5.75 Å². The Morgan fingerprint density at radius 3 is 2.45 bits per heavy atom. The summed E-state index contributed by atoms with van der Waals surface area (Å²) in [5.41, 5.74) is 0.690. The highest BCUT2D eigenvalue weighted by Crippen LogP contribution is 2.24. The molecule has 0 aliphatic rings. The molecule has 0 aliphatic carbocycles. The minimum atomic E-state index is -0.538. The van der Waals surface area contributed by atoms with Crippen LogP contribution < -0.4 is 15.4 Å². The summed E-state index contributed by atoms with van der Waals surface area (Å²) in [5, 5.41) is 16.3. The average molecular weight is 301 g/mol. The molecule has 0 heterocycles. The third-order valence-electron chi connectivity index (χ3n) is 2.92. The van der Waals surface area contributed by atoms with Crippen molar-refractivity contribution in [1.29, 1.82) is 0 Å². The average Bonchev–Trinajstić information content (AvgIpc) is 2.53. The zero-order valence-corrected chi connectivity index (χ0v) is 11.9. The molecule has 7 heteroatoms. The van der Waals surface area contributed by atoms with Gasteiger partial charge in [-0.2, -0.15) is 0 Å². The fourth-order valence-electron chi connectivity index (χ4n) is 1.90. The van der Waals surface area contributed by atoms with E-state index in [-0.39, 0.29) is 23.8 Å². The van der Waals surface area contributed by atoms with Gasteiger partial charge in [0, 0.05) is 6.07 Å². The molecule has 0 spiro atoms. The van der Waals surface area contributed by atoms with E-state index in [1.54, 1.807) is 24.3 Å². The maximum Gasteiger partial charge on any atom is 0.292 e. The number of carbonyl (C=O) groups is 1. The summed E-state index contributed by atoms with van der Waals surface area (Å²) in [4.78, 5) is 22.3. The number of nitro benzene ring substituents is 1. The van der Waals surface area contributed by atoms with E-state index in [4.69, 9.17) is 4.74 Å². The molecule has 1 amide bonds. The molecule has 0 aromatic heterocycles. The largest absolute Gasteiger partial charge is 0.495 e. The highest BCUT2D eigenvalue weighted by atomic mass is 16.6. The molecule has 0 bridgehead atoms. The lowest BCUT2D eigenvalue weighted by atomic mass is 10.2. The first kappa shape index (κ1) is 15.3. The summed E-state index contributed by atoms with van der Waals surface area (Å²) in [6.45, 7) is -0.0353. The first-order valence-electron chi connectivity index (χ1n) is 6.52. The number of rotatable bonds is 6. The van der Waals surface area contributed by atoms with Gasteiger partial charge in [0.25, 0.3) is 5.69 Å². The van der Waals surface area contributed by atoms with E-state index >= 15 is 0 Å². The Morgan fingerprint density at radius 1 is 1.14 bits per heavy atom. The molecular formula is C15H15N3O4. The number of methoxy groups -OCH3 is 1. The van der Waals surface area contributed by atoms with Crippen LogP contribution in [0.4, 0.5) is 17.1 Å². The molecule has 2 rings (SSSR count). The highest BCUT2D eigenvalue weighted by Gasteiger charge is 2.14. The molecule has 2 aromatic carbocycles. The van der Waals surface area contributed by atoms with Crippen molar-refractivity contribution < 1.29 is 14.5 Å². The molecule has 0 aliphatic heterocycles. The number of nitrogens with one attached hydrogen (secondary N) is 2. The SMILES string of the molecule is COc1ccccc1NCC(=O)Nc1ccccc1[N+](=O)[O-]. The number of hydrogen-bond donors (Lipinski definition) is 2. The normalized spacial score (nSPS) is 9.86. The van der Waals surface area contributed by atoms with Crippen LogP contribution in [-0.2, 0) is 4.79 Å². The Labute approximate surface area is 127 Å². The lowest BCUT2D eigenvalue weighted by molar-refractivity contribution is -0.383. The Hall–Kier alpha value is -3.09. The number of nitro groups is 1. The predicted molar refractivity (Wildman–Crippen MR) is 83.2 cm³/mol. The lowest BCUT2D eigenvalue weighted by Crippen LogP contribution is -2.22. The summed E-state index contributed by atoms with van der Waals surface area (Å²) in [5.74, 6) is 0.223. The van der Waals surface area contributed by atoms with Gasteiger partial charge < -0.3 is 15.4 Å². The van der Waals surface area contributed by atoms with Crippen molar-refractivity contribution in [2.24, 2.45) is 0 Å². The monoisotopic (exact) mass is 301 g/mol. The van der Waals surface area contributed by atoms with Crippen molar-refractivity contribution in [3.8, 4) is 5.75 Å². The van der Waals surface area contributed by atoms with Crippen LogP contribution in [0.1, 0.15) is 0 Å². The molecule has 22 heavy (non-hydrogen) atoms. The zero-order chi connectivity index (χ0) is 15.9. The van der Waals surface area contributed by atoms with Crippen LogP contribution in [-0.4, -0.2) is 24.5 Å². The van der Waals surface area contributed by atoms with E-state index in [1.807, 2.05) is 12.1 Å². The summed E-state index contributed by atoms with van der Waals surface area (Å²) in [6.07, 6.45) is 0. The van der Waals surface area contributed by atoms with Gasteiger partial charge in [0.1, 0.15) is 11.4 Å². The first-order chi connectivity index (χ1) is 10.6. The Morgan fingerprint density at radius 2 is 1.77 bits per heavy atom. The molecule has 0 saturated carbocycles. The number of nitrogens with zero attached hydrogens (tertiary/aromatic N) is 1. The van der Waals surface area contributed by atoms with Gasteiger partial charge in [-0.05, 0) is 18.2 Å². The van der Waals surface area contributed by atoms with Crippen molar-refractivity contribution in [2.75, 3.05) is 24.3 Å². The van der Waals surface area contributed by atoms with E-state index in [0.29, 0.717) is 11.4 Å². The number of anilines is 2. The summed E-state index contributed by atoms with van der Waals surface area (Å²) in [6, 6.07) is 13.2. The second-order valence-electron chi connectivity index (χ2n) is 4.38. The second kappa shape index (κ2) is 7.07. The number of ether oxygens (including phenoxy) is 1. The minimum absolute atomic E-state index is 0.0353. The minimum Gasteiger partial charge on any atom is -0.495 e. The van der Waals surface area contributed by atoms with Gasteiger partial charge in [-0.3, -0.25) is 14.9 Å². The molecule has 0 radical (unpaired) electrons. The molecular weight excluding hydrogens is 286 g/mol. The predicted octanol–water partition coefficient (Wildman–Crippen LogP) is 2.65. The van der Waals surface area contributed by atoms with E-state index in [9.17, 15) is 14.9 Å². The van der Waals surface area contributed by atoms with Gasteiger partial charge in [0.2, 0.25) is 5.91 Å². The Kier molecular flexibility index (Phi) is 4.92. The van der Waals surface area contributed by atoms with Crippen LogP contribution in [0, 0.1) is 10.1 Å². The van der Waals surface area contributed by atoms with Gasteiger partial charge >= 0.3 is 0 Å². The van der Waals surface area contributed by atoms with Crippen molar-refractivity contribution in [3.05, 3.63) is 58.6 Å². The second-order valence-corrected chi connectivity index (χ2v) is 4.38. The standard InChI is InChI=1S/C15H15N3O4/c1-22-14-9-5-3-7-12(14)16-10-15(19)17-11-6-2-4-8-13(11)18(20)21/h2-9,16H,10H2,1H3,(H,17,19). The van der Waals surface area contributed by atoms with Gasteiger partial charge in [-0.1, -0.05) is 24.3 Å². The maximum atomic E-state index is 11.9. The molecule has 0 atom stereocenters. The fraction of sp³-hybridized carbons (Fsp3) is 0.133. The molecule has 0 unspecified atom stereocenters. The first-order valence-corrected chi connectivity index (χ1v) is 6.52. The topological polar surface area (TPSA) is 93.5 Å². The zero-order valence-electron chi connectivity index (χ0n) is 11.9. The van der Waals surface area contributed by atoms with Crippen molar-refractivity contribution in [2.45, 2.75) is 0 Å². The van der Waals surface area contributed by atoms with Gasteiger partial charge in [0.15, 0.2) is 0 Å². The quantitative estimate of drug-likeness (QED) is 0.632. The third kappa shape index (κ3) is 3.72. The number of hydrogen-bond acceptors (Lipinski definition) is 5. The van der Waals surface area contributed by atoms with E-state index in [0.717, 1.165) is 0 Å². The third-order valence-corrected chi connectivity index (χ3v) is 2.92. The number of benzene rings is 2. The molecule has 2 N–H and O–H groups in total. The summed E-state index contributed by atoms with van der Waals surface area (Å²) in [7, 11) is 1.54. The highest BCUT2D eigenvalue weighted by molar-refractivity contribution is 5.95. The van der Waals surface area contributed by atoms with Crippen molar-refractivity contribution >= 4 is 23.0 Å². The van der Waals surface area contributed by atoms with Crippen LogP contribution >= 0.6 is 0 Å².